The number of hydrogen-bond donors (Lipinski definition) is 1. The van der Waals surface area contributed by atoms with Crippen LogP contribution in [0.2, 0.25) is 0 Å². The number of halogens is 1. The summed E-state index contributed by atoms with van der Waals surface area (Å²) in [6, 6.07) is 8.28. The van der Waals surface area contributed by atoms with Crippen LogP contribution < -0.4 is 10.2 Å². The Kier molecular flexibility index (Phi) is 6.03. The Labute approximate surface area is 128 Å². The maximum Gasteiger partial charge on any atom is 0.229 e. The molecule has 1 N–H and O–H groups in total. The average molecular weight is 297 g/mol. The van der Waals surface area contributed by atoms with E-state index in [2.05, 4.69) is 31.3 Å². The van der Waals surface area contributed by atoms with Gasteiger partial charge in [0.1, 0.15) is 0 Å². The van der Waals surface area contributed by atoms with Crippen LogP contribution in [0.4, 0.5) is 5.69 Å². The number of anilines is 1. The summed E-state index contributed by atoms with van der Waals surface area (Å²) in [6.45, 7) is 8.31. The van der Waals surface area contributed by atoms with Crippen molar-refractivity contribution < 1.29 is 4.79 Å². The predicted octanol–water partition coefficient (Wildman–Crippen LogP) is 3.05. The van der Waals surface area contributed by atoms with Gasteiger partial charge in [0.05, 0.1) is 0 Å². The van der Waals surface area contributed by atoms with Gasteiger partial charge in [-0.15, -0.1) is 12.4 Å². The van der Waals surface area contributed by atoms with Crippen LogP contribution in [-0.2, 0) is 4.79 Å². The van der Waals surface area contributed by atoms with Crippen molar-refractivity contribution in [2.45, 2.75) is 26.7 Å². The highest BCUT2D eigenvalue weighted by molar-refractivity contribution is 5.94. The lowest BCUT2D eigenvalue weighted by atomic mass is 9.88. The quantitative estimate of drug-likeness (QED) is 0.926. The molecule has 0 spiro atoms. The summed E-state index contributed by atoms with van der Waals surface area (Å²) in [4.78, 5) is 14.3. The number of carbonyl (C=O) groups excluding carboxylic acids is 1. The molecule has 0 radical (unpaired) electrons. The van der Waals surface area contributed by atoms with Gasteiger partial charge < -0.3 is 10.2 Å². The third-order valence-corrected chi connectivity index (χ3v) is 4.16. The molecule has 3 nitrogen and oxygen atoms in total. The Hall–Kier alpha value is -1.06. The number of amides is 1. The summed E-state index contributed by atoms with van der Waals surface area (Å²) in [5.41, 5.74) is 2.27. The van der Waals surface area contributed by atoms with Crippen LogP contribution in [0.3, 0.4) is 0 Å². The molecule has 0 saturated carbocycles. The molecule has 4 heteroatoms. The zero-order valence-corrected chi connectivity index (χ0v) is 13.5. The molecule has 20 heavy (non-hydrogen) atoms. The smallest absolute Gasteiger partial charge is 0.229 e. The Balaban J connectivity index is 0.00000200. The summed E-state index contributed by atoms with van der Waals surface area (Å²) in [7, 11) is 1.88. The van der Waals surface area contributed by atoms with E-state index in [1.54, 1.807) is 4.90 Å². The molecule has 1 amide bonds. The third-order valence-electron chi connectivity index (χ3n) is 4.16. The van der Waals surface area contributed by atoms with E-state index in [-0.39, 0.29) is 24.2 Å². The third kappa shape index (κ3) is 3.53. The van der Waals surface area contributed by atoms with Crippen LogP contribution in [0.25, 0.3) is 0 Å². The minimum Gasteiger partial charge on any atom is -0.316 e. The van der Waals surface area contributed by atoms with Gasteiger partial charge in [-0.2, -0.15) is 0 Å². The predicted molar refractivity (Wildman–Crippen MR) is 86.7 cm³/mol. The van der Waals surface area contributed by atoms with Gasteiger partial charge in [0.2, 0.25) is 5.91 Å². The molecular formula is C16H25ClN2O. The molecule has 1 unspecified atom stereocenters. The zero-order valence-electron chi connectivity index (χ0n) is 12.7. The topological polar surface area (TPSA) is 32.3 Å². The summed E-state index contributed by atoms with van der Waals surface area (Å²) in [6.07, 6.45) is 0. The molecule has 0 bridgehead atoms. The number of hydrogen-bond acceptors (Lipinski definition) is 2. The molecule has 112 valence electrons. The van der Waals surface area contributed by atoms with Gasteiger partial charge in [-0.3, -0.25) is 4.79 Å². The Morgan fingerprint density at radius 3 is 2.45 bits per heavy atom. The van der Waals surface area contributed by atoms with Gasteiger partial charge in [0.25, 0.3) is 0 Å². The molecular weight excluding hydrogens is 272 g/mol. The number of nitrogens with one attached hydrogen (secondary N) is 1. The maximum atomic E-state index is 12.5. The van der Waals surface area contributed by atoms with Crippen LogP contribution in [0.5, 0.6) is 0 Å². The Bertz CT molecular complexity index is 458. The molecule has 0 aromatic heterocycles. The average Bonchev–Trinajstić information content (AvgIpc) is 2.35. The first kappa shape index (κ1) is 17.0. The van der Waals surface area contributed by atoms with Crippen LogP contribution in [0.1, 0.15) is 32.3 Å². The number of nitrogens with zero attached hydrogens (tertiary/aromatic N) is 1. The van der Waals surface area contributed by atoms with Crippen LogP contribution in [-0.4, -0.2) is 26.0 Å². The zero-order chi connectivity index (χ0) is 14.0. The highest BCUT2D eigenvalue weighted by Crippen LogP contribution is 2.24. The Morgan fingerprint density at radius 2 is 1.95 bits per heavy atom. The largest absolute Gasteiger partial charge is 0.316 e. The lowest BCUT2D eigenvalue weighted by molar-refractivity contribution is -0.123. The van der Waals surface area contributed by atoms with E-state index in [4.69, 9.17) is 0 Å². The standard InChI is InChI=1S/C16H24N2O.ClH/c1-11(2)13-6-5-7-15(8-13)18(4)16(19)12(3)14-9-17-10-14;/h5-8,11-12,14,17H,9-10H2,1-4H3;1H. The number of carbonyl (C=O) groups is 1. The van der Waals surface area contributed by atoms with Gasteiger partial charge >= 0.3 is 0 Å². The van der Waals surface area contributed by atoms with Crippen molar-refractivity contribution >= 4 is 24.0 Å². The minimum absolute atomic E-state index is 0. The van der Waals surface area contributed by atoms with E-state index < -0.39 is 0 Å². The van der Waals surface area contributed by atoms with E-state index in [0.717, 1.165) is 18.8 Å². The number of rotatable bonds is 4. The molecule has 1 atom stereocenters. The van der Waals surface area contributed by atoms with Crippen molar-refractivity contribution in [3.8, 4) is 0 Å². The molecule has 1 fully saturated rings. The second-order valence-electron chi connectivity index (χ2n) is 5.85. The van der Waals surface area contributed by atoms with E-state index in [9.17, 15) is 4.79 Å². The van der Waals surface area contributed by atoms with Crippen LogP contribution >= 0.6 is 12.4 Å². The summed E-state index contributed by atoms with van der Waals surface area (Å²) < 4.78 is 0. The molecule has 1 aromatic carbocycles. The van der Waals surface area contributed by atoms with Gasteiger partial charge in [-0.1, -0.05) is 32.9 Å². The fourth-order valence-electron chi connectivity index (χ4n) is 2.39. The SMILES string of the molecule is CC(C)c1cccc(N(C)C(=O)C(C)C2CNC2)c1.Cl. The van der Waals surface area contributed by atoms with Crippen molar-refractivity contribution in [2.24, 2.45) is 11.8 Å². The van der Waals surface area contributed by atoms with Crippen molar-refractivity contribution in [3.63, 3.8) is 0 Å². The fourth-order valence-corrected chi connectivity index (χ4v) is 2.39. The fraction of sp³-hybridized carbons (Fsp3) is 0.562. The van der Waals surface area contributed by atoms with Gasteiger partial charge in [-0.25, -0.2) is 0 Å². The normalized spacial score (nSPS) is 16.2. The van der Waals surface area contributed by atoms with E-state index in [1.807, 2.05) is 26.1 Å². The molecule has 1 heterocycles. The first-order valence-corrected chi connectivity index (χ1v) is 7.09. The van der Waals surface area contributed by atoms with Gasteiger partial charge in [0.15, 0.2) is 0 Å². The molecule has 1 aliphatic rings. The second kappa shape index (κ2) is 7.09. The first-order valence-electron chi connectivity index (χ1n) is 7.09. The maximum absolute atomic E-state index is 12.5. The van der Waals surface area contributed by atoms with E-state index in [0.29, 0.717) is 11.8 Å². The van der Waals surface area contributed by atoms with Crippen molar-refractivity contribution in [3.05, 3.63) is 29.8 Å². The molecule has 1 aromatic rings. The molecule has 2 rings (SSSR count). The highest BCUT2D eigenvalue weighted by atomic mass is 35.5. The Morgan fingerprint density at radius 1 is 1.30 bits per heavy atom. The van der Waals surface area contributed by atoms with Crippen LogP contribution in [0, 0.1) is 11.8 Å². The monoisotopic (exact) mass is 296 g/mol. The van der Waals surface area contributed by atoms with Gasteiger partial charge in [0, 0.05) is 18.7 Å². The van der Waals surface area contributed by atoms with Crippen molar-refractivity contribution in [2.75, 3.05) is 25.0 Å². The summed E-state index contributed by atoms with van der Waals surface area (Å²) in [5.74, 6) is 1.28. The van der Waals surface area contributed by atoms with Crippen LogP contribution in [0.15, 0.2) is 24.3 Å². The second-order valence-corrected chi connectivity index (χ2v) is 5.85. The number of benzene rings is 1. The molecule has 1 aliphatic heterocycles. The summed E-state index contributed by atoms with van der Waals surface area (Å²) >= 11 is 0. The van der Waals surface area contributed by atoms with E-state index >= 15 is 0 Å². The lowest BCUT2D eigenvalue weighted by Gasteiger charge is -2.34. The molecule has 1 saturated heterocycles. The van der Waals surface area contributed by atoms with E-state index in [1.165, 1.54) is 5.56 Å². The van der Waals surface area contributed by atoms with Crippen molar-refractivity contribution in [1.82, 2.24) is 5.32 Å². The summed E-state index contributed by atoms with van der Waals surface area (Å²) in [5, 5.41) is 3.23. The lowest BCUT2D eigenvalue weighted by Crippen LogP contribution is -2.50. The first-order chi connectivity index (χ1) is 9.00. The molecule has 0 aliphatic carbocycles. The highest BCUT2D eigenvalue weighted by Gasteiger charge is 2.30. The minimum atomic E-state index is 0. The van der Waals surface area contributed by atoms with Crippen molar-refractivity contribution in [1.29, 1.82) is 0 Å². The van der Waals surface area contributed by atoms with Gasteiger partial charge in [-0.05, 0) is 42.6 Å².